The quantitative estimate of drug-likeness (QED) is 0.846. The van der Waals surface area contributed by atoms with Gasteiger partial charge in [-0.3, -0.25) is 0 Å². The van der Waals surface area contributed by atoms with E-state index < -0.39 is 0 Å². The standard InChI is InChI=1S/C15H19ClN2/c1-15(2)7-3-4-13(9-15)18-14-8-12(16)6-5-11(14)10-17/h5-6,8,13,18H,3-4,7,9H2,1-2H3. The molecule has 0 aromatic heterocycles. The molecule has 1 saturated carbocycles. The maximum absolute atomic E-state index is 9.11. The molecule has 1 atom stereocenters. The normalized spacial score (nSPS) is 22.2. The summed E-state index contributed by atoms with van der Waals surface area (Å²) in [6, 6.07) is 8.04. The molecule has 2 nitrogen and oxygen atoms in total. The van der Waals surface area contributed by atoms with Crippen LogP contribution in [-0.4, -0.2) is 6.04 Å². The van der Waals surface area contributed by atoms with Crippen molar-refractivity contribution >= 4 is 17.3 Å². The smallest absolute Gasteiger partial charge is 0.101 e. The van der Waals surface area contributed by atoms with Gasteiger partial charge in [0.2, 0.25) is 0 Å². The molecule has 96 valence electrons. The van der Waals surface area contributed by atoms with Crippen LogP contribution in [0.25, 0.3) is 0 Å². The summed E-state index contributed by atoms with van der Waals surface area (Å²) < 4.78 is 0. The molecule has 0 radical (unpaired) electrons. The van der Waals surface area contributed by atoms with E-state index in [2.05, 4.69) is 25.2 Å². The number of anilines is 1. The van der Waals surface area contributed by atoms with Crippen LogP contribution in [0.3, 0.4) is 0 Å². The molecule has 1 aromatic carbocycles. The molecule has 0 aliphatic heterocycles. The van der Waals surface area contributed by atoms with Crippen molar-refractivity contribution in [1.29, 1.82) is 5.26 Å². The molecule has 18 heavy (non-hydrogen) atoms. The molecule has 1 N–H and O–H groups in total. The molecular weight excluding hydrogens is 244 g/mol. The minimum atomic E-state index is 0.390. The Morgan fingerprint density at radius 3 is 2.89 bits per heavy atom. The van der Waals surface area contributed by atoms with Gasteiger partial charge in [-0.15, -0.1) is 0 Å². The summed E-state index contributed by atoms with van der Waals surface area (Å²) >= 11 is 6.00. The Bertz CT molecular complexity index is 474. The second kappa shape index (κ2) is 5.20. The first-order valence-electron chi connectivity index (χ1n) is 6.46. The lowest BCUT2D eigenvalue weighted by atomic mass is 9.75. The minimum Gasteiger partial charge on any atom is -0.381 e. The van der Waals surface area contributed by atoms with Crippen LogP contribution in [0.1, 0.15) is 45.1 Å². The number of halogens is 1. The highest BCUT2D eigenvalue weighted by Gasteiger charge is 2.28. The number of rotatable bonds is 2. The van der Waals surface area contributed by atoms with E-state index >= 15 is 0 Å². The molecule has 1 unspecified atom stereocenters. The van der Waals surface area contributed by atoms with Crippen molar-refractivity contribution in [1.82, 2.24) is 0 Å². The molecule has 1 aliphatic rings. The fourth-order valence-electron chi connectivity index (χ4n) is 2.77. The average Bonchev–Trinajstić information content (AvgIpc) is 2.28. The third kappa shape index (κ3) is 3.17. The predicted molar refractivity (Wildman–Crippen MR) is 75.8 cm³/mol. The first-order chi connectivity index (χ1) is 8.50. The fourth-order valence-corrected chi connectivity index (χ4v) is 2.95. The van der Waals surface area contributed by atoms with Gasteiger partial charge in [-0.05, 0) is 42.9 Å². The SMILES string of the molecule is CC1(C)CCCC(Nc2cc(Cl)ccc2C#N)C1. The molecule has 3 heteroatoms. The third-order valence-corrected chi connectivity index (χ3v) is 3.90. The van der Waals surface area contributed by atoms with E-state index in [-0.39, 0.29) is 0 Å². The molecule has 0 spiro atoms. The van der Waals surface area contributed by atoms with Crippen LogP contribution >= 0.6 is 11.6 Å². The van der Waals surface area contributed by atoms with Crippen molar-refractivity contribution in [3.05, 3.63) is 28.8 Å². The minimum absolute atomic E-state index is 0.390. The molecule has 0 bridgehead atoms. The van der Waals surface area contributed by atoms with Crippen LogP contribution in [0.4, 0.5) is 5.69 Å². The van der Waals surface area contributed by atoms with Gasteiger partial charge >= 0.3 is 0 Å². The lowest BCUT2D eigenvalue weighted by molar-refractivity contribution is 0.229. The van der Waals surface area contributed by atoms with Crippen LogP contribution in [0.5, 0.6) is 0 Å². The lowest BCUT2D eigenvalue weighted by Gasteiger charge is -2.36. The van der Waals surface area contributed by atoms with Gasteiger partial charge < -0.3 is 5.32 Å². The first kappa shape index (κ1) is 13.2. The predicted octanol–water partition coefficient (Wildman–Crippen LogP) is 4.59. The largest absolute Gasteiger partial charge is 0.381 e. The number of hydrogen-bond donors (Lipinski definition) is 1. The number of benzene rings is 1. The highest BCUT2D eigenvalue weighted by molar-refractivity contribution is 6.30. The van der Waals surface area contributed by atoms with Crippen LogP contribution in [0, 0.1) is 16.7 Å². The van der Waals surface area contributed by atoms with E-state index in [0.717, 1.165) is 12.1 Å². The molecule has 0 saturated heterocycles. The summed E-state index contributed by atoms with van der Waals surface area (Å²) in [5.74, 6) is 0. The van der Waals surface area contributed by atoms with Gasteiger partial charge in [-0.1, -0.05) is 31.9 Å². The van der Waals surface area contributed by atoms with Gasteiger partial charge in [0.1, 0.15) is 6.07 Å². The highest BCUT2D eigenvalue weighted by atomic mass is 35.5. The Labute approximate surface area is 114 Å². The van der Waals surface area contributed by atoms with E-state index in [1.54, 1.807) is 12.1 Å². The number of nitriles is 1. The number of hydrogen-bond acceptors (Lipinski definition) is 2. The molecule has 1 fully saturated rings. The Hall–Kier alpha value is -1.20. The van der Waals surface area contributed by atoms with E-state index in [1.165, 1.54) is 19.3 Å². The van der Waals surface area contributed by atoms with Crippen molar-refractivity contribution in [3.8, 4) is 6.07 Å². The second-order valence-corrected chi connectivity index (χ2v) is 6.34. The zero-order chi connectivity index (χ0) is 13.2. The second-order valence-electron chi connectivity index (χ2n) is 5.90. The third-order valence-electron chi connectivity index (χ3n) is 3.67. The van der Waals surface area contributed by atoms with Gasteiger partial charge in [0.05, 0.1) is 11.3 Å². The lowest BCUT2D eigenvalue weighted by Crippen LogP contribution is -2.31. The molecule has 0 amide bonds. The molecule has 2 rings (SSSR count). The van der Waals surface area contributed by atoms with Gasteiger partial charge in [0.15, 0.2) is 0 Å². The monoisotopic (exact) mass is 262 g/mol. The van der Waals surface area contributed by atoms with Crippen molar-refractivity contribution in [2.75, 3.05) is 5.32 Å². The van der Waals surface area contributed by atoms with Crippen LogP contribution in [0.2, 0.25) is 5.02 Å². The Morgan fingerprint density at radius 2 is 2.22 bits per heavy atom. The van der Waals surface area contributed by atoms with Crippen LogP contribution < -0.4 is 5.32 Å². The van der Waals surface area contributed by atoms with E-state index in [1.807, 2.05) is 6.07 Å². The van der Waals surface area contributed by atoms with E-state index in [0.29, 0.717) is 22.0 Å². The van der Waals surface area contributed by atoms with E-state index in [9.17, 15) is 0 Å². The maximum atomic E-state index is 9.11. The maximum Gasteiger partial charge on any atom is 0.101 e. The highest BCUT2D eigenvalue weighted by Crippen LogP contribution is 2.36. The van der Waals surface area contributed by atoms with E-state index in [4.69, 9.17) is 16.9 Å². The average molecular weight is 263 g/mol. The summed E-state index contributed by atoms with van der Waals surface area (Å²) in [6.45, 7) is 4.62. The van der Waals surface area contributed by atoms with Crippen molar-refractivity contribution < 1.29 is 0 Å². The molecule has 0 heterocycles. The van der Waals surface area contributed by atoms with Gasteiger partial charge in [0, 0.05) is 11.1 Å². The molecule has 1 aromatic rings. The summed E-state index contributed by atoms with van der Waals surface area (Å²) in [6.07, 6.45) is 4.84. The number of nitrogens with zero attached hydrogens (tertiary/aromatic N) is 1. The molecule has 1 aliphatic carbocycles. The molecular formula is C15H19ClN2. The van der Waals surface area contributed by atoms with Crippen molar-refractivity contribution in [2.24, 2.45) is 5.41 Å². The van der Waals surface area contributed by atoms with Crippen molar-refractivity contribution in [3.63, 3.8) is 0 Å². The van der Waals surface area contributed by atoms with Crippen LogP contribution in [0.15, 0.2) is 18.2 Å². The summed E-state index contributed by atoms with van der Waals surface area (Å²) in [5, 5.41) is 13.3. The van der Waals surface area contributed by atoms with Gasteiger partial charge in [0.25, 0.3) is 0 Å². The summed E-state index contributed by atoms with van der Waals surface area (Å²) in [4.78, 5) is 0. The van der Waals surface area contributed by atoms with Gasteiger partial charge in [-0.2, -0.15) is 5.26 Å². The zero-order valence-electron chi connectivity index (χ0n) is 11.0. The first-order valence-corrected chi connectivity index (χ1v) is 6.84. The summed E-state index contributed by atoms with van der Waals surface area (Å²) in [7, 11) is 0. The number of nitrogens with one attached hydrogen (secondary N) is 1. The zero-order valence-corrected chi connectivity index (χ0v) is 11.7. The Kier molecular flexibility index (Phi) is 3.82. The van der Waals surface area contributed by atoms with Crippen molar-refractivity contribution in [2.45, 2.75) is 45.6 Å². The van der Waals surface area contributed by atoms with Crippen LogP contribution in [-0.2, 0) is 0 Å². The fraction of sp³-hybridized carbons (Fsp3) is 0.533. The topological polar surface area (TPSA) is 35.8 Å². The Morgan fingerprint density at radius 1 is 1.44 bits per heavy atom. The Balaban J connectivity index is 2.14. The van der Waals surface area contributed by atoms with Gasteiger partial charge in [-0.25, -0.2) is 0 Å². The summed E-state index contributed by atoms with van der Waals surface area (Å²) in [5.41, 5.74) is 1.93.